The number of halogens is 1. The Morgan fingerprint density at radius 2 is 0.833 bits per heavy atom. The molecule has 0 aromatic heterocycles. The molecule has 0 amide bonds. The second kappa shape index (κ2) is 19.2. The van der Waals surface area contributed by atoms with Gasteiger partial charge in [0.1, 0.15) is 0 Å². The molecule has 0 bridgehead atoms. The van der Waals surface area contributed by atoms with Gasteiger partial charge in [0, 0.05) is 3.42 Å². The van der Waals surface area contributed by atoms with Crippen LogP contribution in [0.25, 0.3) is 0 Å². The van der Waals surface area contributed by atoms with Gasteiger partial charge in [-0.05, 0) is 85.4 Å². The lowest BCUT2D eigenvalue weighted by Gasteiger charge is -2.43. The summed E-state index contributed by atoms with van der Waals surface area (Å²) in [5.74, 6) is 9.01. The molecule has 2 radical (unpaired) electrons. The molecule has 0 spiro atoms. The minimum Gasteiger partial charge on any atom is -0.0792 e. The molecule has 0 N–H and O–H groups in total. The van der Waals surface area contributed by atoms with Crippen molar-refractivity contribution in [3.05, 3.63) is 0 Å². The topological polar surface area (TPSA) is 0 Å². The summed E-state index contributed by atoms with van der Waals surface area (Å²) < 4.78 is 0.346. The predicted octanol–water partition coefficient (Wildman–Crippen LogP) is 15.4. The van der Waals surface area contributed by atoms with E-state index in [2.05, 4.69) is 29.5 Å². The Bertz CT molecular complexity index is 886. The van der Waals surface area contributed by atoms with Crippen molar-refractivity contribution in [2.24, 2.45) is 53.3 Å². The molecule has 6 saturated carbocycles. The Kier molecular flexibility index (Phi) is 15.4. The van der Waals surface area contributed by atoms with Crippen molar-refractivity contribution in [1.29, 1.82) is 0 Å². The SMILES string of the molecule is [B]C1(C2CCCC2)CCCC(CC2CCC2)CC(C2CCCC2)CCCC(C2CCCC2)CCCCC(C2CCCC2)CC[C@@](C)(I)C1. The van der Waals surface area contributed by atoms with Crippen LogP contribution >= 0.6 is 22.6 Å². The van der Waals surface area contributed by atoms with Crippen molar-refractivity contribution in [3.8, 4) is 0 Å². The molecular formula is C46H80BI. The molecule has 6 fully saturated rings. The van der Waals surface area contributed by atoms with Crippen molar-refractivity contribution < 1.29 is 0 Å². The molecule has 6 atom stereocenters. The molecule has 0 aromatic rings. The van der Waals surface area contributed by atoms with Gasteiger partial charge in [0.05, 0.1) is 7.85 Å². The van der Waals surface area contributed by atoms with Crippen molar-refractivity contribution in [3.63, 3.8) is 0 Å². The van der Waals surface area contributed by atoms with Crippen LogP contribution < -0.4 is 0 Å². The van der Waals surface area contributed by atoms with Crippen LogP contribution in [-0.2, 0) is 0 Å². The molecular weight excluding hydrogens is 690 g/mol. The summed E-state index contributed by atoms with van der Waals surface area (Å²) in [6, 6.07) is 0. The van der Waals surface area contributed by atoms with Gasteiger partial charge in [-0.25, -0.2) is 0 Å². The second-order valence-corrected chi connectivity index (χ2v) is 22.6. The summed E-state index contributed by atoms with van der Waals surface area (Å²) in [6.45, 7) is 2.62. The highest BCUT2D eigenvalue weighted by atomic mass is 127. The zero-order chi connectivity index (χ0) is 33.2. The zero-order valence-corrected chi connectivity index (χ0v) is 34.4. The number of alkyl halides is 1. The smallest absolute Gasteiger partial charge is 0.0750 e. The summed E-state index contributed by atoms with van der Waals surface area (Å²) in [5.41, 5.74) is 0. The highest BCUT2D eigenvalue weighted by Crippen LogP contribution is 2.55. The van der Waals surface area contributed by atoms with Crippen molar-refractivity contribution in [2.45, 2.75) is 234 Å². The minimum atomic E-state index is 0.0667. The maximum atomic E-state index is 7.76. The van der Waals surface area contributed by atoms with E-state index in [1.165, 1.54) is 154 Å². The van der Waals surface area contributed by atoms with Crippen molar-refractivity contribution in [1.82, 2.24) is 0 Å². The fourth-order valence-electron chi connectivity index (χ4n) is 13.4. The third kappa shape index (κ3) is 11.4. The lowest BCUT2D eigenvalue weighted by molar-refractivity contribution is 0.174. The van der Waals surface area contributed by atoms with E-state index in [0.29, 0.717) is 3.42 Å². The van der Waals surface area contributed by atoms with E-state index in [0.717, 1.165) is 53.3 Å². The van der Waals surface area contributed by atoms with Gasteiger partial charge in [-0.2, -0.15) is 0 Å². The van der Waals surface area contributed by atoms with Gasteiger partial charge in [0.25, 0.3) is 0 Å². The van der Waals surface area contributed by atoms with Crippen molar-refractivity contribution >= 4 is 30.4 Å². The Morgan fingerprint density at radius 1 is 0.438 bits per heavy atom. The van der Waals surface area contributed by atoms with Gasteiger partial charge in [0.15, 0.2) is 0 Å². The average Bonchev–Trinajstić information content (AvgIpc) is 3.87. The van der Waals surface area contributed by atoms with Crippen LogP contribution in [0.3, 0.4) is 0 Å². The van der Waals surface area contributed by atoms with Crippen molar-refractivity contribution in [2.75, 3.05) is 0 Å². The van der Waals surface area contributed by atoms with Crippen LogP contribution in [-0.4, -0.2) is 11.3 Å². The molecule has 5 unspecified atom stereocenters. The summed E-state index contributed by atoms with van der Waals surface area (Å²) in [4.78, 5) is 0. The number of hydrogen-bond acceptors (Lipinski definition) is 0. The standard InChI is InChI=1S/C46H80BI/c1-45(48)32-30-42(39-20-4-5-21-39)25-9-6-22-40(38-18-2-3-19-38)26-13-27-43(41-23-7-8-24-41)34-37(33-36-15-12-16-36)17-14-31-46(47,35-45)44-28-10-11-29-44/h36-44H,2-35H2,1H3/t37?,40?,42?,43?,45-,46?/m1/s1. The molecule has 48 heavy (non-hydrogen) atoms. The highest BCUT2D eigenvalue weighted by Gasteiger charge is 2.41. The monoisotopic (exact) mass is 771 g/mol. The molecule has 0 aromatic carbocycles. The van der Waals surface area contributed by atoms with E-state index in [4.69, 9.17) is 7.85 Å². The third-order valence-corrected chi connectivity index (χ3v) is 17.4. The van der Waals surface area contributed by atoms with Crippen LogP contribution in [0.15, 0.2) is 0 Å². The Labute approximate surface area is 316 Å². The van der Waals surface area contributed by atoms with Crippen LogP contribution in [0.5, 0.6) is 0 Å². The summed E-state index contributed by atoms with van der Waals surface area (Å²) >= 11 is 2.92. The fourth-order valence-corrected chi connectivity index (χ4v) is 14.4. The molecule has 0 aliphatic heterocycles. The van der Waals surface area contributed by atoms with Crippen LogP contribution in [0, 0.1) is 53.3 Å². The molecule has 6 aliphatic rings. The van der Waals surface area contributed by atoms with Gasteiger partial charge < -0.3 is 0 Å². The molecule has 274 valence electrons. The van der Waals surface area contributed by atoms with E-state index >= 15 is 0 Å². The van der Waals surface area contributed by atoms with E-state index in [1.807, 2.05) is 0 Å². The summed E-state index contributed by atoms with van der Waals surface area (Å²) in [7, 11) is 7.76. The molecule has 0 heterocycles. The first-order valence-electron chi connectivity index (χ1n) is 22.8. The largest absolute Gasteiger partial charge is 0.0792 e. The number of hydrogen-bond donors (Lipinski definition) is 0. The summed E-state index contributed by atoms with van der Waals surface area (Å²) in [6.07, 6.45) is 50.9. The van der Waals surface area contributed by atoms with E-state index in [9.17, 15) is 0 Å². The Balaban J connectivity index is 1.19. The molecule has 6 aliphatic carbocycles. The quantitative estimate of drug-likeness (QED) is 0.143. The highest BCUT2D eigenvalue weighted by molar-refractivity contribution is 14.1. The maximum absolute atomic E-state index is 7.76. The van der Waals surface area contributed by atoms with Gasteiger partial charge in [-0.1, -0.05) is 221 Å². The number of rotatable bonds is 6. The molecule has 2 heteroatoms. The molecule has 6 rings (SSSR count). The average molecular weight is 771 g/mol. The Hall–Kier alpha value is 0.795. The molecule has 0 saturated heterocycles. The zero-order valence-electron chi connectivity index (χ0n) is 32.2. The molecule has 0 nitrogen and oxygen atoms in total. The van der Waals surface area contributed by atoms with Crippen LogP contribution in [0.1, 0.15) is 225 Å². The first-order chi connectivity index (χ1) is 23.4. The fraction of sp³-hybridized carbons (Fsp3) is 1.00. The van der Waals surface area contributed by atoms with Gasteiger partial charge in [-0.3, -0.25) is 0 Å². The van der Waals surface area contributed by atoms with Crippen LogP contribution in [0.2, 0.25) is 5.31 Å². The van der Waals surface area contributed by atoms with Gasteiger partial charge in [0.2, 0.25) is 0 Å². The predicted molar refractivity (Wildman–Crippen MR) is 219 cm³/mol. The Morgan fingerprint density at radius 3 is 1.33 bits per heavy atom. The normalized spacial score (nSPS) is 39.5. The summed E-state index contributed by atoms with van der Waals surface area (Å²) in [5, 5.41) is 0.0667. The van der Waals surface area contributed by atoms with E-state index in [-0.39, 0.29) is 5.31 Å². The van der Waals surface area contributed by atoms with Gasteiger partial charge >= 0.3 is 0 Å². The first kappa shape index (κ1) is 38.5. The van der Waals surface area contributed by atoms with E-state index < -0.39 is 0 Å². The van der Waals surface area contributed by atoms with Gasteiger partial charge in [-0.15, -0.1) is 0 Å². The van der Waals surface area contributed by atoms with Crippen LogP contribution in [0.4, 0.5) is 0 Å². The lowest BCUT2D eigenvalue weighted by Crippen LogP contribution is -2.32. The first-order valence-corrected chi connectivity index (χ1v) is 23.9. The van der Waals surface area contributed by atoms with E-state index in [1.54, 1.807) is 64.2 Å². The third-order valence-electron chi connectivity index (χ3n) is 16.4. The minimum absolute atomic E-state index is 0.0667. The maximum Gasteiger partial charge on any atom is 0.0750 e. The lowest BCUT2D eigenvalue weighted by atomic mass is 9.53. The second-order valence-electron chi connectivity index (χ2n) is 20.0.